The van der Waals surface area contributed by atoms with Crippen LogP contribution in [0.1, 0.15) is 10.5 Å². The number of hydrogen-bond donors (Lipinski definition) is 3. The van der Waals surface area contributed by atoms with Crippen LogP contribution in [0.25, 0.3) is 0 Å². The molecule has 8 nitrogen and oxygen atoms in total. The van der Waals surface area contributed by atoms with Crippen molar-refractivity contribution in [3.05, 3.63) is 11.9 Å². The smallest absolute Gasteiger partial charge is 0.358 e. The van der Waals surface area contributed by atoms with E-state index in [1.807, 2.05) is 5.32 Å². The second kappa shape index (κ2) is 6.47. The van der Waals surface area contributed by atoms with Crippen molar-refractivity contribution >= 4 is 12.0 Å². The SMILES string of the molecule is O=C(NCCn1cc(C(=O)O)nn1)NCC(F)F. The number of amides is 2. The van der Waals surface area contributed by atoms with Crippen LogP contribution in [0.2, 0.25) is 0 Å². The van der Waals surface area contributed by atoms with E-state index in [0.29, 0.717) is 0 Å². The predicted molar refractivity (Wildman–Crippen MR) is 54.4 cm³/mol. The second-order valence-electron chi connectivity index (χ2n) is 3.20. The molecule has 10 heteroatoms. The van der Waals surface area contributed by atoms with Crippen LogP contribution in [-0.4, -0.2) is 51.6 Å². The number of aromatic nitrogens is 3. The van der Waals surface area contributed by atoms with Gasteiger partial charge in [0.1, 0.15) is 0 Å². The van der Waals surface area contributed by atoms with Gasteiger partial charge in [-0.05, 0) is 0 Å². The molecule has 0 saturated carbocycles. The molecule has 2 amide bonds. The number of halogens is 2. The van der Waals surface area contributed by atoms with Crippen LogP contribution in [0.4, 0.5) is 13.6 Å². The van der Waals surface area contributed by atoms with E-state index in [0.717, 1.165) is 0 Å². The zero-order valence-electron chi connectivity index (χ0n) is 9.14. The molecule has 0 radical (unpaired) electrons. The molecule has 0 atom stereocenters. The van der Waals surface area contributed by atoms with Crippen LogP contribution in [0.5, 0.6) is 0 Å². The molecule has 0 spiro atoms. The lowest BCUT2D eigenvalue weighted by Gasteiger charge is -2.06. The molecule has 0 unspecified atom stereocenters. The lowest BCUT2D eigenvalue weighted by atomic mass is 10.5. The molecular weight excluding hydrogens is 252 g/mol. The minimum Gasteiger partial charge on any atom is -0.476 e. The first kappa shape index (κ1) is 13.8. The number of hydrogen-bond acceptors (Lipinski definition) is 4. The van der Waals surface area contributed by atoms with Crippen LogP contribution < -0.4 is 10.6 Å². The Balaban J connectivity index is 2.24. The number of aromatic carboxylic acids is 1. The monoisotopic (exact) mass is 263 g/mol. The maximum absolute atomic E-state index is 11.7. The summed E-state index contributed by atoms with van der Waals surface area (Å²) in [4.78, 5) is 21.4. The van der Waals surface area contributed by atoms with E-state index in [9.17, 15) is 18.4 Å². The summed E-state index contributed by atoms with van der Waals surface area (Å²) < 4.78 is 24.7. The third-order valence-electron chi connectivity index (χ3n) is 1.80. The fraction of sp³-hybridized carbons (Fsp3) is 0.500. The molecule has 0 aliphatic carbocycles. The third-order valence-corrected chi connectivity index (χ3v) is 1.80. The Morgan fingerprint density at radius 1 is 1.44 bits per heavy atom. The van der Waals surface area contributed by atoms with Gasteiger partial charge in [-0.3, -0.25) is 0 Å². The van der Waals surface area contributed by atoms with E-state index < -0.39 is 25.0 Å². The van der Waals surface area contributed by atoms with E-state index in [2.05, 4.69) is 15.6 Å². The van der Waals surface area contributed by atoms with Gasteiger partial charge in [0.25, 0.3) is 6.43 Å². The normalized spacial score (nSPS) is 10.4. The Labute approximate surface area is 100.0 Å². The van der Waals surface area contributed by atoms with Gasteiger partial charge in [-0.15, -0.1) is 5.10 Å². The van der Waals surface area contributed by atoms with Gasteiger partial charge in [0.05, 0.1) is 19.3 Å². The van der Waals surface area contributed by atoms with Gasteiger partial charge in [-0.2, -0.15) is 0 Å². The number of carbonyl (C=O) groups is 2. The fourth-order valence-corrected chi connectivity index (χ4v) is 1.02. The van der Waals surface area contributed by atoms with Crippen molar-refractivity contribution in [1.82, 2.24) is 25.6 Å². The highest BCUT2D eigenvalue weighted by atomic mass is 19.3. The van der Waals surface area contributed by atoms with Gasteiger partial charge in [-0.1, -0.05) is 5.21 Å². The van der Waals surface area contributed by atoms with E-state index in [1.54, 1.807) is 0 Å². The molecule has 0 fully saturated rings. The maximum Gasteiger partial charge on any atom is 0.358 e. The molecule has 0 aromatic carbocycles. The van der Waals surface area contributed by atoms with Gasteiger partial charge >= 0.3 is 12.0 Å². The minimum absolute atomic E-state index is 0.109. The Bertz CT molecular complexity index is 423. The molecule has 0 aliphatic heterocycles. The zero-order chi connectivity index (χ0) is 13.5. The Kier molecular flexibility index (Phi) is 4.96. The molecule has 1 heterocycles. The Morgan fingerprint density at radius 2 is 2.17 bits per heavy atom. The molecule has 3 N–H and O–H groups in total. The first-order chi connectivity index (χ1) is 8.49. The number of rotatable bonds is 6. The Hall–Kier alpha value is -2.26. The maximum atomic E-state index is 11.7. The largest absolute Gasteiger partial charge is 0.476 e. The van der Waals surface area contributed by atoms with Crippen molar-refractivity contribution in [2.75, 3.05) is 13.1 Å². The summed E-state index contributed by atoms with van der Waals surface area (Å²) in [6, 6.07) is -0.728. The van der Waals surface area contributed by atoms with Crippen LogP contribution in [0.3, 0.4) is 0 Å². The summed E-state index contributed by atoms with van der Waals surface area (Å²) in [5.74, 6) is -1.20. The summed E-state index contributed by atoms with van der Waals surface area (Å²) in [5, 5.41) is 19.7. The van der Waals surface area contributed by atoms with Crippen molar-refractivity contribution in [2.24, 2.45) is 0 Å². The van der Waals surface area contributed by atoms with Gasteiger partial charge in [0.15, 0.2) is 5.69 Å². The highest BCUT2D eigenvalue weighted by molar-refractivity contribution is 5.84. The summed E-state index contributed by atoms with van der Waals surface area (Å²) >= 11 is 0. The highest BCUT2D eigenvalue weighted by Gasteiger charge is 2.08. The molecular formula is C8H11F2N5O3. The van der Waals surface area contributed by atoms with Gasteiger partial charge in [0, 0.05) is 6.54 Å². The van der Waals surface area contributed by atoms with E-state index >= 15 is 0 Å². The molecule has 1 aromatic heterocycles. The predicted octanol–water partition coefficient (Wildman–Crippen LogP) is -0.459. The van der Waals surface area contributed by atoms with Gasteiger partial charge < -0.3 is 15.7 Å². The second-order valence-corrected chi connectivity index (χ2v) is 3.20. The highest BCUT2D eigenvalue weighted by Crippen LogP contribution is 1.92. The summed E-state index contributed by atoms with van der Waals surface area (Å²) in [5.41, 5.74) is -0.211. The van der Waals surface area contributed by atoms with Gasteiger partial charge in [0.2, 0.25) is 0 Å². The fourth-order valence-electron chi connectivity index (χ4n) is 1.02. The molecule has 18 heavy (non-hydrogen) atoms. The molecule has 1 rings (SSSR count). The van der Waals surface area contributed by atoms with E-state index in [4.69, 9.17) is 5.11 Å². The van der Waals surface area contributed by atoms with Crippen molar-refractivity contribution in [3.63, 3.8) is 0 Å². The zero-order valence-corrected chi connectivity index (χ0v) is 9.14. The first-order valence-electron chi connectivity index (χ1n) is 4.92. The molecule has 0 bridgehead atoms. The lowest BCUT2D eigenvalue weighted by molar-refractivity contribution is 0.0690. The third kappa shape index (κ3) is 4.72. The van der Waals surface area contributed by atoms with Crippen LogP contribution in [-0.2, 0) is 6.54 Å². The molecule has 0 saturated heterocycles. The number of alkyl halides is 2. The number of urea groups is 1. The van der Waals surface area contributed by atoms with Crippen molar-refractivity contribution < 1.29 is 23.5 Å². The molecule has 100 valence electrons. The minimum atomic E-state index is -2.61. The summed E-state index contributed by atoms with van der Waals surface area (Å²) in [6.45, 7) is -0.432. The summed E-state index contributed by atoms with van der Waals surface area (Å²) in [6.07, 6.45) is -1.41. The van der Waals surface area contributed by atoms with E-state index in [1.165, 1.54) is 10.9 Å². The number of carboxylic acid groups (broad SMARTS) is 1. The lowest BCUT2D eigenvalue weighted by Crippen LogP contribution is -2.39. The van der Waals surface area contributed by atoms with E-state index in [-0.39, 0.29) is 18.8 Å². The van der Waals surface area contributed by atoms with Gasteiger partial charge in [-0.25, -0.2) is 23.1 Å². The van der Waals surface area contributed by atoms with Crippen molar-refractivity contribution in [1.29, 1.82) is 0 Å². The van der Waals surface area contributed by atoms with Crippen molar-refractivity contribution in [2.45, 2.75) is 13.0 Å². The average Bonchev–Trinajstić information content (AvgIpc) is 2.75. The first-order valence-corrected chi connectivity index (χ1v) is 4.92. The van der Waals surface area contributed by atoms with Crippen molar-refractivity contribution in [3.8, 4) is 0 Å². The summed E-state index contributed by atoms with van der Waals surface area (Å²) in [7, 11) is 0. The quantitative estimate of drug-likeness (QED) is 0.643. The number of carbonyl (C=O) groups excluding carboxylic acids is 1. The topological polar surface area (TPSA) is 109 Å². The Morgan fingerprint density at radius 3 is 2.72 bits per heavy atom. The number of nitrogens with zero attached hydrogens (tertiary/aromatic N) is 3. The van der Waals surface area contributed by atoms with Crippen LogP contribution in [0, 0.1) is 0 Å². The molecule has 1 aromatic rings. The van der Waals surface area contributed by atoms with Crippen LogP contribution in [0.15, 0.2) is 6.20 Å². The van der Waals surface area contributed by atoms with Crippen LogP contribution >= 0.6 is 0 Å². The standard InChI is InChI=1S/C8H11F2N5O3/c9-6(10)3-12-8(18)11-1-2-15-4-5(7(16)17)13-14-15/h4,6H,1-3H2,(H,16,17)(H2,11,12,18). The number of nitrogens with one attached hydrogen (secondary N) is 2. The number of carboxylic acids is 1. The molecule has 0 aliphatic rings. The average molecular weight is 263 g/mol.